The zero-order valence-corrected chi connectivity index (χ0v) is 15.2. The highest BCUT2D eigenvalue weighted by Crippen LogP contribution is 2.26. The highest BCUT2D eigenvalue weighted by Gasteiger charge is 2.19. The normalized spacial score (nSPS) is 10.6. The average Bonchev–Trinajstić information content (AvgIpc) is 3.39. The van der Waals surface area contributed by atoms with E-state index in [1.807, 2.05) is 54.6 Å². The van der Waals surface area contributed by atoms with Crippen LogP contribution in [0.2, 0.25) is 0 Å². The van der Waals surface area contributed by atoms with Crippen molar-refractivity contribution in [1.82, 2.24) is 25.0 Å². The number of aromatic nitrogens is 5. The van der Waals surface area contributed by atoms with Crippen LogP contribution >= 0.6 is 0 Å². The number of ether oxygens (including phenoxy) is 1. The maximum atomic E-state index is 12.8. The summed E-state index contributed by atoms with van der Waals surface area (Å²) in [6, 6.07) is 17.4. The summed E-state index contributed by atoms with van der Waals surface area (Å²) in [4.78, 5) is 16.8. The molecule has 4 aromatic rings. The number of aromatic amines is 1. The van der Waals surface area contributed by atoms with E-state index in [2.05, 4.69) is 25.6 Å². The summed E-state index contributed by atoms with van der Waals surface area (Å²) in [6.07, 6.45) is 3.06. The summed E-state index contributed by atoms with van der Waals surface area (Å²) < 4.78 is 7.06. The van der Waals surface area contributed by atoms with Crippen molar-refractivity contribution in [2.45, 2.75) is 6.54 Å². The van der Waals surface area contributed by atoms with Gasteiger partial charge in [0, 0.05) is 11.8 Å². The second-order valence-corrected chi connectivity index (χ2v) is 6.09. The Labute approximate surface area is 161 Å². The van der Waals surface area contributed by atoms with Gasteiger partial charge >= 0.3 is 0 Å². The number of hydrogen-bond donors (Lipinski definition) is 2. The lowest BCUT2D eigenvalue weighted by molar-refractivity contribution is 0.102. The molecule has 0 saturated heterocycles. The quantitative estimate of drug-likeness (QED) is 0.541. The minimum absolute atomic E-state index is 0.275. The molecule has 0 saturated carbocycles. The standard InChI is InChI=1S/C20H18N6O2/c1-28-16-9-5-8-15(10-16)18-17(19(27)23-20-21-13-22-24-20)12-26(25-18)11-14-6-3-2-4-7-14/h2-10,12-13H,11H2,1H3,(H2,21,22,23,24,27). The predicted octanol–water partition coefficient (Wildman–Crippen LogP) is 2.98. The molecule has 0 aliphatic heterocycles. The molecule has 8 heteroatoms. The van der Waals surface area contributed by atoms with Crippen LogP contribution in [0, 0.1) is 0 Å². The summed E-state index contributed by atoms with van der Waals surface area (Å²) in [5.74, 6) is 0.642. The fourth-order valence-corrected chi connectivity index (χ4v) is 2.86. The van der Waals surface area contributed by atoms with E-state index in [1.54, 1.807) is 18.0 Å². The van der Waals surface area contributed by atoms with Crippen molar-refractivity contribution in [3.8, 4) is 17.0 Å². The smallest absolute Gasteiger partial charge is 0.261 e. The molecular formula is C20H18N6O2. The number of anilines is 1. The number of carbonyl (C=O) groups excluding carboxylic acids is 1. The van der Waals surface area contributed by atoms with Gasteiger partial charge in [-0.1, -0.05) is 42.5 Å². The van der Waals surface area contributed by atoms with Crippen LogP contribution in [-0.4, -0.2) is 38.0 Å². The lowest BCUT2D eigenvalue weighted by Crippen LogP contribution is -2.13. The first-order valence-corrected chi connectivity index (χ1v) is 8.65. The Morgan fingerprint density at radius 3 is 2.79 bits per heavy atom. The van der Waals surface area contributed by atoms with Gasteiger partial charge in [0.25, 0.3) is 5.91 Å². The molecule has 0 radical (unpaired) electrons. The van der Waals surface area contributed by atoms with Gasteiger partial charge in [0.1, 0.15) is 17.8 Å². The molecule has 0 bridgehead atoms. The molecule has 8 nitrogen and oxygen atoms in total. The van der Waals surface area contributed by atoms with E-state index >= 15 is 0 Å². The van der Waals surface area contributed by atoms with E-state index in [0.717, 1.165) is 11.1 Å². The third kappa shape index (κ3) is 3.75. The SMILES string of the molecule is COc1cccc(-c2nn(Cc3ccccc3)cc2C(=O)Nc2ncn[nH]2)c1. The highest BCUT2D eigenvalue weighted by molar-refractivity contribution is 6.07. The molecular weight excluding hydrogens is 356 g/mol. The number of carbonyl (C=O) groups is 1. The Hall–Kier alpha value is -3.94. The first kappa shape index (κ1) is 17.5. The van der Waals surface area contributed by atoms with Gasteiger partial charge in [-0.05, 0) is 17.7 Å². The maximum absolute atomic E-state index is 12.8. The number of amides is 1. The van der Waals surface area contributed by atoms with Crippen LogP contribution in [0.15, 0.2) is 67.1 Å². The average molecular weight is 374 g/mol. The maximum Gasteiger partial charge on any atom is 0.261 e. The van der Waals surface area contributed by atoms with Gasteiger partial charge in [0.05, 0.1) is 19.2 Å². The number of H-pyrrole nitrogens is 1. The van der Waals surface area contributed by atoms with Crippen molar-refractivity contribution in [3.63, 3.8) is 0 Å². The molecule has 0 aliphatic rings. The van der Waals surface area contributed by atoms with Crippen molar-refractivity contribution >= 4 is 11.9 Å². The lowest BCUT2D eigenvalue weighted by Gasteiger charge is -2.05. The van der Waals surface area contributed by atoms with Gasteiger partial charge in [-0.15, -0.1) is 0 Å². The van der Waals surface area contributed by atoms with Gasteiger partial charge in [-0.25, -0.2) is 5.10 Å². The summed E-state index contributed by atoms with van der Waals surface area (Å²) in [5, 5.41) is 13.7. The van der Waals surface area contributed by atoms with Gasteiger partial charge in [-0.2, -0.15) is 15.2 Å². The molecule has 1 amide bonds. The molecule has 0 aliphatic carbocycles. The third-order valence-electron chi connectivity index (χ3n) is 4.18. The highest BCUT2D eigenvalue weighted by atomic mass is 16.5. The van der Waals surface area contributed by atoms with Crippen molar-refractivity contribution in [2.75, 3.05) is 12.4 Å². The first-order chi connectivity index (χ1) is 13.7. The topological polar surface area (TPSA) is 97.7 Å². The molecule has 2 N–H and O–H groups in total. The van der Waals surface area contributed by atoms with Gasteiger partial charge in [-0.3, -0.25) is 14.8 Å². The van der Waals surface area contributed by atoms with E-state index in [-0.39, 0.29) is 11.9 Å². The molecule has 0 unspecified atom stereocenters. The molecule has 0 spiro atoms. The van der Waals surface area contributed by atoms with E-state index in [1.165, 1.54) is 6.33 Å². The molecule has 2 aromatic carbocycles. The van der Waals surface area contributed by atoms with Crippen LogP contribution in [0.4, 0.5) is 5.95 Å². The summed E-state index contributed by atoms with van der Waals surface area (Å²) >= 11 is 0. The zero-order valence-electron chi connectivity index (χ0n) is 15.2. The van der Waals surface area contributed by atoms with Crippen LogP contribution in [0.5, 0.6) is 5.75 Å². The van der Waals surface area contributed by atoms with E-state index in [9.17, 15) is 4.79 Å². The monoisotopic (exact) mass is 374 g/mol. The first-order valence-electron chi connectivity index (χ1n) is 8.65. The third-order valence-corrected chi connectivity index (χ3v) is 4.18. The van der Waals surface area contributed by atoms with Gasteiger partial charge < -0.3 is 4.74 Å². The van der Waals surface area contributed by atoms with E-state index in [4.69, 9.17) is 4.74 Å². The number of benzene rings is 2. The number of nitrogens with one attached hydrogen (secondary N) is 2. The van der Waals surface area contributed by atoms with E-state index < -0.39 is 0 Å². The minimum atomic E-state index is -0.325. The molecule has 0 fully saturated rings. The van der Waals surface area contributed by atoms with Crippen molar-refractivity contribution < 1.29 is 9.53 Å². The molecule has 4 rings (SSSR count). The molecule has 28 heavy (non-hydrogen) atoms. The largest absolute Gasteiger partial charge is 0.497 e. The van der Waals surface area contributed by atoms with Crippen LogP contribution < -0.4 is 10.1 Å². The Morgan fingerprint density at radius 2 is 2.04 bits per heavy atom. The molecule has 2 heterocycles. The fraction of sp³-hybridized carbons (Fsp3) is 0.100. The second kappa shape index (κ2) is 7.75. The Balaban J connectivity index is 1.72. The number of hydrogen-bond acceptors (Lipinski definition) is 5. The van der Waals surface area contributed by atoms with Crippen molar-refractivity contribution in [2.24, 2.45) is 0 Å². The lowest BCUT2D eigenvalue weighted by atomic mass is 10.1. The van der Waals surface area contributed by atoms with Crippen LogP contribution in [0.25, 0.3) is 11.3 Å². The molecule has 2 aromatic heterocycles. The second-order valence-electron chi connectivity index (χ2n) is 6.09. The number of methoxy groups -OCH3 is 1. The van der Waals surface area contributed by atoms with Crippen molar-refractivity contribution in [1.29, 1.82) is 0 Å². The number of rotatable bonds is 6. The Kier molecular flexibility index (Phi) is 4.83. The van der Waals surface area contributed by atoms with Crippen LogP contribution in [0.3, 0.4) is 0 Å². The van der Waals surface area contributed by atoms with Gasteiger partial charge in [0.2, 0.25) is 5.95 Å². The van der Waals surface area contributed by atoms with E-state index in [0.29, 0.717) is 23.6 Å². The number of nitrogens with zero attached hydrogens (tertiary/aromatic N) is 4. The molecule has 140 valence electrons. The van der Waals surface area contributed by atoms with Gasteiger partial charge in [0.15, 0.2) is 0 Å². The van der Waals surface area contributed by atoms with Crippen LogP contribution in [-0.2, 0) is 6.54 Å². The van der Waals surface area contributed by atoms with Crippen molar-refractivity contribution in [3.05, 3.63) is 78.2 Å². The Bertz CT molecular complexity index is 1070. The minimum Gasteiger partial charge on any atom is -0.497 e. The fourth-order valence-electron chi connectivity index (χ4n) is 2.86. The summed E-state index contributed by atoms with van der Waals surface area (Å²) in [5.41, 5.74) is 2.87. The predicted molar refractivity (Wildman–Crippen MR) is 104 cm³/mol. The summed E-state index contributed by atoms with van der Waals surface area (Å²) in [7, 11) is 1.60. The zero-order chi connectivity index (χ0) is 19.3. The molecule has 0 atom stereocenters. The Morgan fingerprint density at radius 1 is 1.18 bits per heavy atom. The van der Waals surface area contributed by atoms with Crippen LogP contribution in [0.1, 0.15) is 15.9 Å². The summed E-state index contributed by atoms with van der Waals surface area (Å²) in [6.45, 7) is 0.549.